The number of carbonyl (C=O) groups excluding carboxylic acids is 1. The highest BCUT2D eigenvalue weighted by atomic mass is 35.5. The number of nitrogens with two attached hydrogens (primary N) is 1. The fraction of sp³-hybridized carbons (Fsp3) is 0.607. The van der Waals surface area contributed by atoms with Crippen molar-refractivity contribution >= 4 is 40.2 Å². The Balaban J connectivity index is 1.26. The van der Waals surface area contributed by atoms with Crippen LogP contribution in [0.15, 0.2) is 35.3 Å². The van der Waals surface area contributed by atoms with Gasteiger partial charge in [0.05, 0.1) is 5.52 Å². The van der Waals surface area contributed by atoms with Crippen LogP contribution in [0.4, 0.5) is 5.82 Å². The molecule has 2 saturated carbocycles. The van der Waals surface area contributed by atoms with Crippen LogP contribution in [-0.2, 0) is 4.79 Å². The molecule has 0 bridgehead atoms. The SMILES string of the molecule is CN1C(=O)[C@@](CCC2CCCCC2)(C[C@H]2CCC[C@@H](Nc3ccc4cc(Cl)ccc4n3)C2)N=C1N. The van der Waals surface area contributed by atoms with Gasteiger partial charge in [-0.3, -0.25) is 9.69 Å². The van der Waals surface area contributed by atoms with E-state index in [1.165, 1.54) is 32.1 Å². The Morgan fingerprint density at radius 3 is 2.66 bits per heavy atom. The fourth-order valence-corrected chi connectivity index (χ4v) is 6.73. The van der Waals surface area contributed by atoms with Crippen LogP contribution < -0.4 is 11.1 Å². The molecule has 2 aliphatic carbocycles. The molecule has 2 aromatic rings. The predicted molar refractivity (Wildman–Crippen MR) is 144 cm³/mol. The first-order valence-corrected chi connectivity index (χ1v) is 13.8. The lowest BCUT2D eigenvalue weighted by molar-refractivity contribution is -0.131. The van der Waals surface area contributed by atoms with Crippen LogP contribution in [-0.4, -0.2) is 40.4 Å². The van der Waals surface area contributed by atoms with Crippen LogP contribution in [0.5, 0.6) is 0 Å². The van der Waals surface area contributed by atoms with Gasteiger partial charge in [0.25, 0.3) is 5.91 Å². The zero-order valence-corrected chi connectivity index (χ0v) is 21.6. The molecule has 188 valence electrons. The molecule has 5 rings (SSSR count). The molecule has 3 N–H and O–H groups in total. The number of rotatable bonds is 7. The Hall–Kier alpha value is -2.34. The average molecular weight is 496 g/mol. The Morgan fingerprint density at radius 2 is 1.89 bits per heavy atom. The first kappa shape index (κ1) is 24.4. The molecule has 3 atom stereocenters. The highest BCUT2D eigenvalue weighted by molar-refractivity contribution is 6.31. The van der Waals surface area contributed by atoms with Gasteiger partial charge in [-0.1, -0.05) is 56.5 Å². The van der Waals surface area contributed by atoms with Gasteiger partial charge in [0.2, 0.25) is 0 Å². The number of fused-ring (bicyclic) bond motifs is 1. The summed E-state index contributed by atoms with van der Waals surface area (Å²) in [5, 5.41) is 5.44. The van der Waals surface area contributed by atoms with Crippen molar-refractivity contribution in [1.82, 2.24) is 9.88 Å². The van der Waals surface area contributed by atoms with E-state index in [2.05, 4.69) is 11.4 Å². The maximum Gasteiger partial charge on any atom is 0.257 e. The van der Waals surface area contributed by atoms with Crippen LogP contribution >= 0.6 is 11.6 Å². The number of aliphatic imine (C=N–C) groups is 1. The Labute approximate surface area is 213 Å². The van der Waals surface area contributed by atoms with Gasteiger partial charge < -0.3 is 11.1 Å². The van der Waals surface area contributed by atoms with Crippen molar-refractivity contribution < 1.29 is 4.79 Å². The van der Waals surface area contributed by atoms with Crippen LogP contribution in [0.3, 0.4) is 0 Å². The molecule has 0 spiro atoms. The third-order valence-electron chi connectivity index (χ3n) is 8.48. The van der Waals surface area contributed by atoms with E-state index < -0.39 is 5.54 Å². The van der Waals surface area contributed by atoms with Gasteiger partial charge in [-0.25, -0.2) is 9.98 Å². The highest BCUT2D eigenvalue weighted by Crippen LogP contribution is 2.41. The van der Waals surface area contributed by atoms with E-state index in [0.717, 1.165) is 72.6 Å². The minimum atomic E-state index is -0.677. The minimum Gasteiger partial charge on any atom is -0.369 e. The molecule has 2 heterocycles. The largest absolute Gasteiger partial charge is 0.369 e. The number of hydrogen-bond donors (Lipinski definition) is 2. The van der Waals surface area contributed by atoms with Crippen LogP contribution in [0.25, 0.3) is 10.9 Å². The first-order chi connectivity index (χ1) is 16.9. The predicted octanol–water partition coefficient (Wildman–Crippen LogP) is 6.14. The maximum atomic E-state index is 13.4. The second kappa shape index (κ2) is 10.3. The van der Waals surface area contributed by atoms with Crippen molar-refractivity contribution in [2.45, 2.75) is 88.6 Å². The number of hydrogen-bond acceptors (Lipinski definition) is 5. The molecule has 0 saturated heterocycles. The van der Waals surface area contributed by atoms with E-state index >= 15 is 0 Å². The lowest BCUT2D eigenvalue weighted by Gasteiger charge is -2.35. The standard InChI is InChI=1S/C28H38ClN5O/c1-34-26(35)28(33-27(34)30,15-14-19-6-3-2-4-7-19)18-20-8-5-9-23(16-20)31-25-13-10-21-17-22(29)11-12-24(21)32-25/h10-13,17,19-20,23H,2-9,14-16,18H2,1H3,(H2,30,33)(H,31,32)/t20-,23+,28+/m0/s1. The number of likely N-dealkylation sites (N-methyl/N-ethyl adjacent to an activating group) is 1. The molecule has 6 nitrogen and oxygen atoms in total. The number of nitrogens with one attached hydrogen (secondary N) is 1. The zero-order chi connectivity index (χ0) is 24.4. The number of carbonyl (C=O) groups is 1. The molecule has 1 aliphatic heterocycles. The monoisotopic (exact) mass is 495 g/mol. The molecule has 1 aromatic carbocycles. The molecular weight excluding hydrogens is 458 g/mol. The molecule has 1 amide bonds. The first-order valence-electron chi connectivity index (χ1n) is 13.4. The summed E-state index contributed by atoms with van der Waals surface area (Å²) in [7, 11) is 1.77. The fourth-order valence-electron chi connectivity index (χ4n) is 6.55. The Kier molecular flexibility index (Phi) is 7.19. The van der Waals surface area contributed by atoms with Crippen molar-refractivity contribution in [3.63, 3.8) is 0 Å². The number of anilines is 1. The van der Waals surface area contributed by atoms with E-state index in [-0.39, 0.29) is 5.91 Å². The lowest BCUT2D eigenvalue weighted by atomic mass is 9.74. The second-order valence-electron chi connectivity index (χ2n) is 11.0. The Bertz CT molecular complexity index is 1100. The molecular formula is C28H38ClN5O. The smallest absolute Gasteiger partial charge is 0.257 e. The summed E-state index contributed by atoms with van der Waals surface area (Å²) < 4.78 is 0. The van der Waals surface area contributed by atoms with Crippen molar-refractivity contribution in [1.29, 1.82) is 0 Å². The number of benzene rings is 1. The number of nitrogens with zero attached hydrogens (tertiary/aromatic N) is 3. The van der Waals surface area contributed by atoms with Gasteiger partial charge in [-0.15, -0.1) is 0 Å². The number of pyridine rings is 1. The molecule has 35 heavy (non-hydrogen) atoms. The van der Waals surface area contributed by atoms with E-state index in [1.54, 1.807) is 11.9 Å². The van der Waals surface area contributed by atoms with Crippen molar-refractivity contribution in [3.8, 4) is 0 Å². The van der Waals surface area contributed by atoms with Gasteiger partial charge in [0.15, 0.2) is 5.96 Å². The third-order valence-corrected chi connectivity index (χ3v) is 8.71. The van der Waals surface area contributed by atoms with E-state index in [4.69, 9.17) is 27.3 Å². The summed E-state index contributed by atoms with van der Waals surface area (Å²) in [6, 6.07) is 10.2. The zero-order valence-electron chi connectivity index (χ0n) is 20.8. The van der Waals surface area contributed by atoms with Gasteiger partial charge in [0, 0.05) is 23.5 Å². The molecule has 3 aliphatic rings. The van der Waals surface area contributed by atoms with E-state index in [0.29, 0.717) is 17.9 Å². The maximum absolute atomic E-state index is 13.4. The lowest BCUT2D eigenvalue weighted by Crippen LogP contribution is -2.44. The summed E-state index contributed by atoms with van der Waals surface area (Å²) in [5.74, 6) is 2.54. The second-order valence-corrected chi connectivity index (χ2v) is 11.5. The van der Waals surface area contributed by atoms with Crippen LogP contribution in [0.2, 0.25) is 5.02 Å². The van der Waals surface area contributed by atoms with Gasteiger partial charge >= 0.3 is 0 Å². The molecule has 0 radical (unpaired) electrons. The van der Waals surface area contributed by atoms with E-state index in [1.807, 2.05) is 24.3 Å². The average Bonchev–Trinajstić information content (AvgIpc) is 3.07. The molecule has 0 unspecified atom stereocenters. The minimum absolute atomic E-state index is 0.0933. The van der Waals surface area contributed by atoms with Crippen molar-refractivity contribution in [2.24, 2.45) is 22.6 Å². The van der Waals surface area contributed by atoms with Gasteiger partial charge in [0.1, 0.15) is 11.4 Å². The number of amides is 1. The van der Waals surface area contributed by atoms with Crippen LogP contribution in [0.1, 0.15) is 77.0 Å². The van der Waals surface area contributed by atoms with Crippen LogP contribution in [0, 0.1) is 11.8 Å². The quantitative estimate of drug-likeness (QED) is 0.483. The summed E-state index contributed by atoms with van der Waals surface area (Å²) in [6.45, 7) is 0. The molecule has 2 fully saturated rings. The van der Waals surface area contributed by atoms with Gasteiger partial charge in [-0.05, 0) is 74.3 Å². The number of aromatic nitrogens is 1. The normalized spacial score (nSPS) is 27.9. The van der Waals surface area contributed by atoms with E-state index in [9.17, 15) is 4.79 Å². The highest BCUT2D eigenvalue weighted by Gasteiger charge is 2.48. The molecule has 7 heteroatoms. The summed E-state index contributed by atoms with van der Waals surface area (Å²) in [5.41, 5.74) is 6.43. The number of halogens is 1. The summed E-state index contributed by atoms with van der Waals surface area (Å²) >= 11 is 6.12. The summed E-state index contributed by atoms with van der Waals surface area (Å²) in [4.78, 5) is 24.6. The summed E-state index contributed by atoms with van der Waals surface area (Å²) in [6.07, 6.45) is 13.7. The Morgan fingerprint density at radius 1 is 1.09 bits per heavy atom. The van der Waals surface area contributed by atoms with Crippen molar-refractivity contribution in [2.75, 3.05) is 12.4 Å². The topological polar surface area (TPSA) is 83.6 Å². The molecule has 1 aromatic heterocycles. The van der Waals surface area contributed by atoms with Gasteiger partial charge in [-0.2, -0.15) is 0 Å². The number of guanidine groups is 1. The third kappa shape index (κ3) is 5.42. The van der Waals surface area contributed by atoms with Crippen molar-refractivity contribution in [3.05, 3.63) is 35.4 Å².